The third-order valence-electron chi connectivity index (χ3n) is 3.47. The van der Waals surface area contributed by atoms with Crippen molar-refractivity contribution in [1.29, 1.82) is 0 Å². The largest absolute Gasteiger partial charge is 0.461 e. The number of unbranched alkanes of at least 4 members (excludes halogenated alkanes) is 1. The molecule has 0 radical (unpaired) electrons. The van der Waals surface area contributed by atoms with Crippen LogP contribution in [0, 0.1) is 18.3 Å². The molecular weight excluding hydrogens is 238 g/mol. The van der Waals surface area contributed by atoms with Crippen LogP contribution in [0.2, 0.25) is 0 Å². The quantitative estimate of drug-likeness (QED) is 0.416. The van der Waals surface area contributed by atoms with Crippen LogP contribution in [0.15, 0.2) is 0 Å². The third-order valence-corrected chi connectivity index (χ3v) is 3.47. The van der Waals surface area contributed by atoms with E-state index in [2.05, 4.69) is 25.1 Å². The summed E-state index contributed by atoms with van der Waals surface area (Å²) in [4.78, 5) is 12.2. The molecule has 0 spiro atoms. The minimum absolute atomic E-state index is 0.0821. The van der Waals surface area contributed by atoms with Crippen LogP contribution in [0.4, 0.5) is 0 Å². The fourth-order valence-electron chi connectivity index (χ4n) is 2.45. The van der Waals surface area contributed by atoms with Gasteiger partial charge in [0.2, 0.25) is 0 Å². The molecule has 3 heteroatoms. The van der Waals surface area contributed by atoms with E-state index in [1.807, 2.05) is 0 Å². The Morgan fingerprint density at radius 2 is 2.11 bits per heavy atom. The molecular formula is C16H27NO2. The maximum absolute atomic E-state index is 12.2. The summed E-state index contributed by atoms with van der Waals surface area (Å²) in [6.45, 7) is 5.03. The Morgan fingerprint density at radius 1 is 1.42 bits per heavy atom. The van der Waals surface area contributed by atoms with Crippen molar-refractivity contribution >= 4 is 5.97 Å². The predicted octanol–water partition coefficient (Wildman–Crippen LogP) is 2.89. The Balaban J connectivity index is 2.37. The van der Waals surface area contributed by atoms with Gasteiger partial charge in [-0.25, -0.2) is 0 Å². The Labute approximate surface area is 117 Å². The molecule has 0 aliphatic heterocycles. The molecule has 1 saturated carbocycles. The molecule has 19 heavy (non-hydrogen) atoms. The molecule has 0 aromatic heterocycles. The number of nitrogens with one attached hydrogen (secondary N) is 1. The Bertz CT molecular complexity index is 300. The van der Waals surface area contributed by atoms with Gasteiger partial charge in [0.1, 0.15) is 12.1 Å². The molecule has 3 nitrogen and oxygen atoms in total. The lowest BCUT2D eigenvalue weighted by atomic mass is 10.0. The predicted molar refractivity (Wildman–Crippen MR) is 77.7 cm³/mol. The van der Waals surface area contributed by atoms with Crippen LogP contribution >= 0.6 is 0 Å². The number of ether oxygens (including phenoxy) is 1. The molecule has 0 amide bonds. The second-order valence-electron chi connectivity index (χ2n) is 5.79. The highest BCUT2D eigenvalue weighted by Crippen LogP contribution is 2.22. The molecule has 0 unspecified atom stereocenters. The van der Waals surface area contributed by atoms with E-state index in [0.29, 0.717) is 5.92 Å². The first-order chi connectivity index (χ1) is 9.13. The first kappa shape index (κ1) is 16.0. The fraction of sp³-hybridized carbons (Fsp3) is 0.812. The molecule has 1 aliphatic carbocycles. The maximum atomic E-state index is 12.2. The van der Waals surface area contributed by atoms with E-state index in [4.69, 9.17) is 11.2 Å². The molecule has 0 aromatic rings. The average molecular weight is 265 g/mol. The molecule has 108 valence electrons. The van der Waals surface area contributed by atoms with E-state index in [9.17, 15) is 4.79 Å². The third kappa shape index (κ3) is 6.63. The smallest absolute Gasteiger partial charge is 0.323 e. The van der Waals surface area contributed by atoms with E-state index in [1.54, 1.807) is 0 Å². The van der Waals surface area contributed by atoms with Gasteiger partial charge in [-0.2, -0.15) is 0 Å². The molecule has 0 aromatic carbocycles. The van der Waals surface area contributed by atoms with Crippen LogP contribution in [0.25, 0.3) is 0 Å². The van der Waals surface area contributed by atoms with Gasteiger partial charge < -0.3 is 10.1 Å². The minimum Gasteiger partial charge on any atom is -0.461 e. The molecule has 1 N–H and O–H groups in total. The number of carbonyl (C=O) groups excluding carboxylic acids is 1. The maximum Gasteiger partial charge on any atom is 0.323 e. The van der Waals surface area contributed by atoms with Crippen LogP contribution in [0.3, 0.4) is 0 Å². The topological polar surface area (TPSA) is 38.3 Å². The van der Waals surface area contributed by atoms with Gasteiger partial charge in [0, 0.05) is 6.42 Å². The highest BCUT2D eigenvalue weighted by atomic mass is 16.5. The summed E-state index contributed by atoms with van der Waals surface area (Å²) in [5, 5.41) is 3.29. The Hall–Kier alpha value is -1.01. The lowest BCUT2D eigenvalue weighted by Gasteiger charge is -2.21. The summed E-state index contributed by atoms with van der Waals surface area (Å²) in [6, 6.07) is -0.182. The summed E-state index contributed by atoms with van der Waals surface area (Å²) in [5.41, 5.74) is 0. The number of carbonyl (C=O) groups is 1. The van der Waals surface area contributed by atoms with E-state index >= 15 is 0 Å². The lowest BCUT2D eigenvalue weighted by molar-refractivity contribution is -0.151. The van der Waals surface area contributed by atoms with Crippen molar-refractivity contribution in [2.45, 2.75) is 70.9 Å². The van der Waals surface area contributed by atoms with Gasteiger partial charge in [0.25, 0.3) is 0 Å². The number of esters is 1. The van der Waals surface area contributed by atoms with Crippen molar-refractivity contribution in [3.05, 3.63) is 0 Å². The molecule has 0 saturated heterocycles. The van der Waals surface area contributed by atoms with E-state index < -0.39 is 0 Å². The van der Waals surface area contributed by atoms with Gasteiger partial charge in [-0.05, 0) is 51.0 Å². The standard InChI is InChI=1S/C16H27NO2/c1-4-5-8-11-17-15(12-13(2)3)16(18)19-14-9-6-7-10-14/h1,13-15,17H,5-12H2,2-3H3/t15-/m1/s1. The SMILES string of the molecule is C#CCCCN[C@H](CC(C)C)C(=O)OC1CCCC1. The summed E-state index contributed by atoms with van der Waals surface area (Å²) in [7, 11) is 0. The number of hydrogen-bond acceptors (Lipinski definition) is 3. The number of hydrogen-bond donors (Lipinski definition) is 1. The van der Waals surface area contributed by atoms with Gasteiger partial charge in [-0.15, -0.1) is 12.3 Å². The number of terminal acetylenes is 1. The van der Waals surface area contributed by atoms with Crippen molar-refractivity contribution in [2.75, 3.05) is 6.54 Å². The van der Waals surface area contributed by atoms with Crippen molar-refractivity contribution in [3.8, 4) is 12.3 Å². The zero-order chi connectivity index (χ0) is 14.1. The average Bonchev–Trinajstić information content (AvgIpc) is 2.85. The van der Waals surface area contributed by atoms with Crippen molar-refractivity contribution < 1.29 is 9.53 Å². The highest BCUT2D eigenvalue weighted by molar-refractivity contribution is 5.76. The molecule has 1 rings (SSSR count). The molecule has 0 bridgehead atoms. The Morgan fingerprint density at radius 3 is 2.68 bits per heavy atom. The van der Waals surface area contributed by atoms with Crippen molar-refractivity contribution in [2.24, 2.45) is 5.92 Å². The molecule has 1 atom stereocenters. The fourth-order valence-corrected chi connectivity index (χ4v) is 2.45. The first-order valence-corrected chi connectivity index (χ1v) is 7.50. The van der Waals surface area contributed by atoms with E-state index in [0.717, 1.165) is 38.6 Å². The van der Waals surface area contributed by atoms with E-state index in [1.165, 1.54) is 12.8 Å². The summed E-state index contributed by atoms with van der Waals surface area (Å²) >= 11 is 0. The van der Waals surface area contributed by atoms with E-state index in [-0.39, 0.29) is 18.1 Å². The second kappa shape index (κ2) is 8.98. The van der Waals surface area contributed by atoms with Gasteiger partial charge in [-0.3, -0.25) is 4.79 Å². The van der Waals surface area contributed by atoms with Crippen molar-refractivity contribution in [1.82, 2.24) is 5.32 Å². The zero-order valence-corrected chi connectivity index (χ0v) is 12.3. The number of rotatable bonds is 8. The van der Waals surface area contributed by atoms with Gasteiger partial charge in [-0.1, -0.05) is 13.8 Å². The summed E-state index contributed by atoms with van der Waals surface area (Å²) in [6.07, 6.45) is 12.3. The molecule has 1 fully saturated rings. The second-order valence-corrected chi connectivity index (χ2v) is 5.79. The molecule has 0 heterocycles. The van der Waals surface area contributed by atoms with Crippen LogP contribution in [-0.4, -0.2) is 24.7 Å². The van der Waals surface area contributed by atoms with Gasteiger partial charge >= 0.3 is 5.97 Å². The molecule has 1 aliphatic rings. The van der Waals surface area contributed by atoms with Crippen LogP contribution in [-0.2, 0) is 9.53 Å². The van der Waals surface area contributed by atoms with Crippen LogP contribution in [0.5, 0.6) is 0 Å². The van der Waals surface area contributed by atoms with Gasteiger partial charge in [0.15, 0.2) is 0 Å². The normalized spacial score (nSPS) is 17.4. The Kier molecular flexibility index (Phi) is 7.59. The minimum atomic E-state index is -0.182. The summed E-state index contributed by atoms with van der Waals surface area (Å²) < 4.78 is 5.59. The van der Waals surface area contributed by atoms with Crippen LogP contribution in [0.1, 0.15) is 58.8 Å². The monoisotopic (exact) mass is 265 g/mol. The van der Waals surface area contributed by atoms with Gasteiger partial charge in [0.05, 0.1) is 0 Å². The summed E-state index contributed by atoms with van der Waals surface area (Å²) in [5.74, 6) is 3.01. The zero-order valence-electron chi connectivity index (χ0n) is 12.3. The van der Waals surface area contributed by atoms with Crippen molar-refractivity contribution in [3.63, 3.8) is 0 Å². The van der Waals surface area contributed by atoms with Crippen LogP contribution < -0.4 is 5.32 Å². The first-order valence-electron chi connectivity index (χ1n) is 7.50. The lowest BCUT2D eigenvalue weighted by Crippen LogP contribution is -2.40. The highest BCUT2D eigenvalue weighted by Gasteiger charge is 2.25.